The van der Waals surface area contributed by atoms with Crippen LogP contribution in [0.2, 0.25) is 0 Å². The van der Waals surface area contributed by atoms with Gasteiger partial charge in [0.05, 0.1) is 10.5 Å². The minimum absolute atomic E-state index is 0.00596. The lowest BCUT2D eigenvalue weighted by Crippen LogP contribution is -2.47. The number of nitrogens with one attached hydrogen (secondary N) is 2. The summed E-state index contributed by atoms with van der Waals surface area (Å²) < 4.78 is 45.4. The number of carboxylic acids is 1. The smallest absolute Gasteiger partial charge is 0.334 e. The number of hydrogen-bond donors (Lipinski definition) is 3. The van der Waals surface area contributed by atoms with Crippen LogP contribution in [0.5, 0.6) is 11.5 Å². The molecule has 1 unspecified atom stereocenters. The minimum atomic E-state index is -2.33. The number of carbonyl (C=O) groups is 1. The Balaban J connectivity index is 2.22. The summed E-state index contributed by atoms with van der Waals surface area (Å²) in [5.41, 5.74) is -5.88. The molecule has 1 heterocycles. The molecule has 0 radical (unpaired) electrons. The molecular weight excluding hydrogens is 445 g/mol. The number of aromatic nitrogens is 3. The quantitative estimate of drug-likeness (QED) is 0.281. The van der Waals surface area contributed by atoms with Gasteiger partial charge in [0.25, 0.3) is 5.69 Å². The van der Waals surface area contributed by atoms with Crippen LogP contribution in [0.3, 0.4) is 0 Å². The SMILES string of the molecule is O=C(O)C(c1cc(Oc2cc(F)c(F)cc2F)ccc1[N+](=O)[O-])n1c(=O)[nH]c(=O)[nH]c1=O. The first-order valence-corrected chi connectivity index (χ1v) is 8.28. The minimum Gasteiger partial charge on any atom is -0.479 e. The maximum absolute atomic E-state index is 13.9. The fraction of sp³-hybridized carbons (Fsp3) is 0.0588. The molecule has 1 aromatic heterocycles. The van der Waals surface area contributed by atoms with Gasteiger partial charge in [-0.25, -0.2) is 36.9 Å². The second-order valence-electron chi connectivity index (χ2n) is 6.08. The van der Waals surface area contributed by atoms with Crippen molar-refractivity contribution < 1.29 is 32.7 Å². The zero-order valence-electron chi connectivity index (χ0n) is 15.3. The normalized spacial score (nSPS) is 11.7. The molecule has 32 heavy (non-hydrogen) atoms. The topological polar surface area (TPSA) is 177 Å². The van der Waals surface area contributed by atoms with E-state index < -0.39 is 74.2 Å². The number of nitro benzene ring substituents is 1. The van der Waals surface area contributed by atoms with Gasteiger partial charge in [-0.1, -0.05) is 0 Å². The van der Waals surface area contributed by atoms with E-state index in [4.69, 9.17) is 4.74 Å². The maximum Gasteiger partial charge on any atom is 0.334 e. The third-order valence-electron chi connectivity index (χ3n) is 4.06. The third-order valence-corrected chi connectivity index (χ3v) is 4.06. The predicted molar refractivity (Wildman–Crippen MR) is 97.2 cm³/mol. The van der Waals surface area contributed by atoms with E-state index in [9.17, 15) is 47.6 Å². The number of rotatable bonds is 6. The highest BCUT2D eigenvalue weighted by atomic mass is 19.2. The summed E-state index contributed by atoms with van der Waals surface area (Å²) in [6, 6.07) is 0.495. The van der Waals surface area contributed by atoms with Crippen LogP contribution in [-0.4, -0.2) is 30.5 Å². The molecule has 0 bridgehead atoms. The number of hydrogen-bond acceptors (Lipinski definition) is 7. The van der Waals surface area contributed by atoms with E-state index in [1.807, 2.05) is 0 Å². The summed E-state index contributed by atoms with van der Waals surface area (Å²) in [6.45, 7) is 0. The fourth-order valence-electron chi connectivity index (χ4n) is 2.75. The van der Waals surface area contributed by atoms with Crippen LogP contribution < -0.4 is 21.8 Å². The van der Waals surface area contributed by atoms with Gasteiger partial charge in [0.2, 0.25) is 0 Å². The number of nitro groups is 1. The summed E-state index contributed by atoms with van der Waals surface area (Å²) >= 11 is 0. The van der Waals surface area contributed by atoms with Crippen LogP contribution in [0.1, 0.15) is 11.6 Å². The zero-order chi connectivity index (χ0) is 23.7. The molecule has 0 amide bonds. The number of H-pyrrole nitrogens is 2. The van der Waals surface area contributed by atoms with E-state index in [1.165, 1.54) is 0 Å². The Morgan fingerprint density at radius 2 is 1.62 bits per heavy atom. The van der Waals surface area contributed by atoms with E-state index in [1.54, 1.807) is 9.97 Å². The van der Waals surface area contributed by atoms with Crippen molar-refractivity contribution in [3.05, 3.63) is 94.9 Å². The molecule has 0 aliphatic carbocycles. The van der Waals surface area contributed by atoms with E-state index in [2.05, 4.69) is 0 Å². The Hall–Kier alpha value is -4.69. The lowest BCUT2D eigenvalue weighted by molar-refractivity contribution is -0.385. The first-order chi connectivity index (χ1) is 15.0. The van der Waals surface area contributed by atoms with E-state index >= 15 is 0 Å². The lowest BCUT2D eigenvalue weighted by Gasteiger charge is -2.16. The standard InChI is InChI=1S/C17H9F3N4O8/c18-8-4-10(20)12(5-9(8)19)32-6-1-2-11(24(30)31)7(3-6)13(14(25)26)23-16(28)21-15(27)22-17(23)29/h1-5,13H,(H,25,26)(H2,21,22,27,28,29). The number of benzene rings is 2. The first kappa shape index (κ1) is 22.0. The predicted octanol–water partition coefficient (Wildman–Crippen LogP) is 1.02. The second kappa shape index (κ2) is 8.21. The molecule has 166 valence electrons. The average Bonchev–Trinajstić information content (AvgIpc) is 2.68. The average molecular weight is 454 g/mol. The summed E-state index contributed by atoms with van der Waals surface area (Å²) in [5.74, 6) is -7.55. The monoisotopic (exact) mass is 454 g/mol. The highest BCUT2D eigenvalue weighted by molar-refractivity contribution is 5.78. The van der Waals surface area contributed by atoms with Gasteiger partial charge in [-0.15, -0.1) is 0 Å². The van der Waals surface area contributed by atoms with Crippen LogP contribution in [0.25, 0.3) is 0 Å². The molecule has 1 atom stereocenters. The van der Waals surface area contributed by atoms with Gasteiger partial charge in [0.1, 0.15) is 5.75 Å². The molecule has 0 spiro atoms. The molecule has 2 aromatic carbocycles. The second-order valence-corrected chi connectivity index (χ2v) is 6.08. The lowest BCUT2D eigenvalue weighted by atomic mass is 10.0. The van der Waals surface area contributed by atoms with Gasteiger partial charge < -0.3 is 9.84 Å². The van der Waals surface area contributed by atoms with E-state index in [0.717, 1.165) is 12.1 Å². The number of carboxylic acid groups (broad SMARTS) is 1. The van der Waals surface area contributed by atoms with Crippen molar-refractivity contribution in [2.45, 2.75) is 6.04 Å². The van der Waals surface area contributed by atoms with Crippen LogP contribution >= 0.6 is 0 Å². The number of aliphatic carboxylic acids is 1. The summed E-state index contributed by atoms with van der Waals surface area (Å²) in [5, 5.41) is 21.0. The summed E-state index contributed by atoms with van der Waals surface area (Å²) in [7, 11) is 0. The van der Waals surface area contributed by atoms with Crippen molar-refractivity contribution in [1.29, 1.82) is 0 Å². The Morgan fingerprint density at radius 1 is 1.03 bits per heavy atom. The molecule has 0 saturated carbocycles. The van der Waals surface area contributed by atoms with Gasteiger partial charge in [0.15, 0.2) is 29.2 Å². The largest absolute Gasteiger partial charge is 0.479 e. The van der Waals surface area contributed by atoms with Crippen LogP contribution in [0.15, 0.2) is 44.7 Å². The molecule has 12 nitrogen and oxygen atoms in total. The highest BCUT2D eigenvalue weighted by Crippen LogP contribution is 2.34. The molecule has 0 fully saturated rings. The van der Waals surface area contributed by atoms with Crippen molar-refractivity contribution in [3.8, 4) is 11.5 Å². The molecule has 0 aliphatic rings. The van der Waals surface area contributed by atoms with Crippen molar-refractivity contribution in [3.63, 3.8) is 0 Å². The maximum atomic E-state index is 13.9. The molecule has 0 aliphatic heterocycles. The zero-order valence-corrected chi connectivity index (χ0v) is 15.3. The number of halogens is 3. The molecule has 0 saturated heterocycles. The Kier molecular flexibility index (Phi) is 5.65. The van der Waals surface area contributed by atoms with E-state index in [0.29, 0.717) is 12.1 Å². The fourth-order valence-corrected chi connectivity index (χ4v) is 2.75. The third kappa shape index (κ3) is 4.11. The molecule has 3 rings (SSSR count). The molecule has 3 aromatic rings. The Morgan fingerprint density at radius 3 is 2.19 bits per heavy atom. The molecular formula is C17H9F3N4O8. The number of aromatic amines is 2. The van der Waals surface area contributed by atoms with Gasteiger partial charge in [-0.05, 0) is 12.1 Å². The van der Waals surface area contributed by atoms with Crippen molar-refractivity contribution in [2.24, 2.45) is 0 Å². The van der Waals surface area contributed by atoms with Gasteiger partial charge in [-0.2, -0.15) is 0 Å². The van der Waals surface area contributed by atoms with Crippen molar-refractivity contribution in [1.82, 2.24) is 14.5 Å². The van der Waals surface area contributed by atoms with Crippen LogP contribution in [-0.2, 0) is 4.79 Å². The number of nitrogens with zero attached hydrogens (tertiary/aromatic N) is 2. The van der Waals surface area contributed by atoms with Gasteiger partial charge in [0, 0.05) is 18.2 Å². The van der Waals surface area contributed by atoms with Crippen molar-refractivity contribution >= 4 is 11.7 Å². The van der Waals surface area contributed by atoms with Gasteiger partial charge >= 0.3 is 23.0 Å². The Bertz CT molecular complexity index is 1390. The summed E-state index contributed by atoms with van der Waals surface area (Å²) in [4.78, 5) is 60.8. The summed E-state index contributed by atoms with van der Waals surface area (Å²) in [6.07, 6.45) is 0. The van der Waals surface area contributed by atoms with Crippen molar-refractivity contribution in [2.75, 3.05) is 0 Å². The van der Waals surface area contributed by atoms with Gasteiger partial charge in [-0.3, -0.25) is 20.1 Å². The molecule has 15 heteroatoms. The highest BCUT2D eigenvalue weighted by Gasteiger charge is 2.33. The Labute approximate surface area is 172 Å². The number of ether oxygens (including phenoxy) is 1. The molecule has 3 N–H and O–H groups in total. The van der Waals surface area contributed by atoms with Crippen LogP contribution in [0.4, 0.5) is 18.9 Å². The first-order valence-electron chi connectivity index (χ1n) is 8.28. The van der Waals surface area contributed by atoms with E-state index in [-0.39, 0.29) is 10.6 Å². The van der Waals surface area contributed by atoms with Crippen LogP contribution in [0, 0.1) is 27.6 Å².